The summed E-state index contributed by atoms with van der Waals surface area (Å²) in [5, 5.41) is 3.52. The molecule has 0 aromatic heterocycles. The van der Waals surface area contributed by atoms with Gasteiger partial charge in [0.15, 0.2) is 0 Å². The summed E-state index contributed by atoms with van der Waals surface area (Å²) in [6.45, 7) is 9.12. The van der Waals surface area contributed by atoms with Crippen LogP contribution >= 0.6 is 0 Å². The highest BCUT2D eigenvalue weighted by Gasteiger charge is 2.21. The second kappa shape index (κ2) is 7.06. The first-order valence-electron chi connectivity index (χ1n) is 7.61. The molecule has 1 aliphatic carbocycles. The van der Waals surface area contributed by atoms with Crippen LogP contribution in [0.3, 0.4) is 0 Å². The Labute approximate surface area is 118 Å². The van der Waals surface area contributed by atoms with Crippen molar-refractivity contribution in [1.29, 1.82) is 0 Å². The van der Waals surface area contributed by atoms with E-state index >= 15 is 0 Å². The van der Waals surface area contributed by atoms with Crippen LogP contribution in [0.1, 0.15) is 25.0 Å². The molecule has 0 heterocycles. The van der Waals surface area contributed by atoms with Crippen molar-refractivity contribution in [1.82, 2.24) is 10.2 Å². The van der Waals surface area contributed by atoms with E-state index in [-0.39, 0.29) is 0 Å². The van der Waals surface area contributed by atoms with Crippen molar-refractivity contribution >= 4 is 0 Å². The van der Waals surface area contributed by atoms with Crippen LogP contribution in [0.15, 0.2) is 24.3 Å². The van der Waals surface area contributed by atoms with Gasteiger partial charge in [-0.25, -0.2) is 0 Å². The van der Waals surface area contributed by atoms with E-state index in [9.17, 15) is 0 Å². The molecule has 0 radical (unpaired) electrons. The normalized spacial score (nSPS) is 15.4. The Hall–Kier alpha value is -0.860. The lowest BCUT2D eigenvalue weighted by Gasteiger charge is -2.21. The van der Waals surface area contributed by atoms with Gasteiger partial charge >= 0.3 is 0 Å². The lowest BCUT2D eigenvalue weighted by Crippen LogP contribution is -2.34. The van der Waals surface area contributed by atoms with Gasteiger partial charge in [-0.1, -0.05) is 38.1 Å². The Morgan fingerprint density at radius 3 is 2.42 bits per heavy atom. The van der Waals surface area contributed by atoms with E-state index in [1.54, 1.807) is 11.1 Å². The number of nitrogens with one attached hydrogen (secondary N) is 1. The summed E-state index contributed by atoms with van der Waals surface area (Å²) >= 11 is 0. The largest absolute Gasteiger partial charge is 0.315 e. The number of hydrogen-bond acceptors (Lipinski definition) is 2. The average Bonchev–Trinajstić information content (AvgIpc) is 2.76. The van der Waals surface area contributed by atoms with Gasteiger partial charge in [0.05, 0.1) is 0 Å². The summed E-state index contributed by atoms with van der Waals surface area (Å²) in [5.41, 5.74) is 3.14. The molecule has 19 heavy (non-hydrogen) atoms. The molecule has 0 bridgehead atoms. The Balaban J connectivity index is 1.66. The first-order valence-corrected chi connectivity index (χ1v) is 7.61. The number of likely N-dealkylation sites (N-methyl/N-ethyl adjacent to an activating group) is 1. The zero-order chi connectivity index (χ0) is 13.7. The molecule has 1 aromatic carbocycles. The van der Waals surface area contributed by atoms with E-state index in [0.717, 1.165) is 31.5 Å². The van der Waals surface area contributed by atoms with Gasteiger partial charge < -0.3 is 10.2 Å². The minimum atomic E-state index is 0.745. The van der Waals surface area contributed by atoms with E-state index < -0.39 is 0 Å². The van der Waals surface area contributed by atoms with Gasteiger partial charge in [0.2, 0.25) is 0 Å². The third-order valence-corrected chi connectivity index (χ3v) is 3.93. The quantitative estimate of drug-likeness (QED) is 0.758. The maximum Gasteiger partial charge on any atom is 0.0104 e. The predicted molar refractivity (Wildman–Crippen MR) is 82.5 cm³/mol. The highest BCUT2D eigenvalue weighted by molar-refractivity contribution is 5.32. The second-order valence-corrected chi connectivity index (χ2v) is 6.40. The zero-order valence-corrected chi connectivity index (χ0v) is 12.7. The molecule has 1 aromatic rings. The standard InChI is InChI=1S/C17H28N2/c1-14(2)12-18-8-9-19(3)13-15-10-16-6-4-5-7-17(16)11-15/h4-7,14-15,18H,8-13H2,1-3H3. The maximum absolute atomic E-state index is 3.52. The van der Waals surface area contributed by atoms with Crippen LogP contribution in [0.4, 0.5) is 0 Å². The molecule has 0 fully saturated rings. The van der Waals surface area contributed by atoms with Crippen molar-refractivity contribution in [3.63, 3.8) is 0 Å². The zero-order valence-electron chi connectivity index (χ0n) is 12.7. The average molecular weight is 260 g/mol. The van der Waals surface area contributed by atoms with Gasteiger partial charge in [-0.15, -0.1) is 0 Å². The maximum atomic E-state index is 3.52. The van der Waals surface area contributed by atoms with Gasteiger partial charge in [0, 0.05) is 19.6 Å². The second-order valence-electron chi connectivity index (χ2n) is 6.40. The Bertz CT molecular complexity index is 362. The fourth-order valence-corrected chi connectivity index (χ4v) is 2.97. The highest BCUT2D eigenvalue weighted by Crippen LogP contribution is 2.26. The summed E-state index contributed by atoms with van der Waals surface area (Å²) in [6, 6.07) is 8.92. The van der Waals surface area contributed by atoms with Gasteiger partial charge in [0.1, 0.15) is 0 Å². The van der Waals surface area contributed by atoms with Crippen LogP contribution in [-0.2, 0) is 12.8 Å². The van der Waals surface area contributed by atoms with Crippen molar-refractivity contribution in [2.45, 2.75) is 26.7 Å². The summed E-state index contributed by atoms with van der Waals surface area (Å²) in [6.07, 6.45) is 2.53. The van der Waals surface area contributed by atoms with Crippen LogP contribution in [0, 0.1) is 11.8 Å². The SMILES string of the molecule is CC(C)CNCCN(C)CC1Cc2ccccc2C1. The van der Waals surface area contributed by atoms with E-state index in [1.807, 2.05) is 0 Å². The van der Waals surface area contributed by atoms with Crippen LogP contribution in [0.2, 0.25) is 0 Å². The summed E-state index contributed by atoms with van der Waals surface area (Å²) < 4.78 is 0. The molecule has 0 saturated carbocycles. The molecular weight excluding hydrogens is 232 g/mol. The number of hydrogen-bond donors (Lipinski definition) is 1. The summed E-state index contributed by atoms with van der Waals surface area (Å²) in [7, 11) is 2.25. The number of fused-ring (bicyclic) bond motifs is 1. The third-order valence-electron chi connectivity index (χ3n) is 3.93. The lowest BCUT2D eigenvalue weighted by molar-refractivity contribution is 0.278. The monoisotopic (exact) mass is 260 g/mol. The number of rotatable bonds is 7. The molecule has 0 saturated heterocycles. The Morgan fingerprint density at radius 2 is 1.84 bits per heavy atom. The van der Waals surface area contributed by atoms with Gasteiger partial charge in [0.25, 0.3) is 0 Å². The van der Waals surface area contributed by atoms with Gasteiger partial charge in [-0.2, -0.15) is 0 Å². The first-order chi connectivity index (χ1) is 9.15. The highest BCUT2D eigenvalue weighted by atomic mass is 15.1. The molecule has 106 valence electrons. The molecule has 2 rings (SSSR count). The van der Waals surface area contributed by atoms with Crippen LogP contribution in [0.5, 0.6) is 0 Å². The minimum Gasteiger partial charge on any atom is -0.315 e. The van der Waals surface area contributed by atoms with Gasteiger partial charge in [-0.05, 0) is 49.4 Å². The minimum absolute atomic E-state index is 0.745. The first kappa shape index (κ1) is 14.5. The van der Waals surface area contributed by atoms with Crippen molar-refractivity contribution in [3.8, 4) is 0 Å². The predicted octanol–water partition coefficient (Wildman–Crippen LogP) is 2.58. The molecule has 2 heteroatoms. The molecule has 1 aliphatic rings. The number of benzene rings is 1. The van der Waals surface area contributed by atoms with Crippen molar-refractivity contribution in [2.75, 3.05) is 33.2 Å². The van der Waals surface area contributed by atoms with E-state index in [4.69, 9.17) is 0 Å². The van der Waals surface area contributed by atoms with E-state index in [2.05, 4.69) is 55.4 Å². The van der Waals surface area contributed by atoms with Crippen LogP contribution in [-0.4, -0.2) is 38.1 Å². The molecule has 0 unspecified atom stereocenters. The lowest BCUT2D eigenvalue weighted by atomic mass is 10.1. The van der Waals surface area contributed by atoms with Crippen molar-refractivity contribution in [3.05, 3.63) is 35.4 Å². The smallest absolute Gasteiger partial charge is 0.0104 e. The molecule has 0 aliphatic heterocycles. The summed E-state index contributed by atoms with van der Waals surface area (Å²) in [4.78, 5) is 2.48. The number of nitrogens with zero attached hydrogens (tertiary/aromatic N) is 1. The molecular formula is C17H28N2. The van der Waals surface area contributed by atoms with Crippen LogP contribution in [0.25, 0.3) is 0 Å². The Morgan fingerprint density at radius 1 is 1.21 bits per heavy atom. The summed E-state index contributed by atoms with van der Waals surface area (Å²) in [5.74, 6) is 1.56. The van der Waals surface area contributed by atoms with Gasteiger partial charge in [-0.3, -0.25) is 0 Å². The fourth-order valence-electron chi connectivity index (χ4n) is 2.97. The van der Waals surface area contributed by atoms with Crippen LogP contribution < -0.4 is 5.32 Å². The fraction of sp³-hybridized carbons (Fsp3) is 0.647. The molecule has 0 atom stereocenters. The molecule has 0 spiro atoms. The van der Waals surface area contributed by atoms with Crippen molar-refractivity contribution < 1.29 is 0 Å². The molecule has 1 N–H and O–H groups in total. The topological polar surface area (TPSA) is 15.3 Å². The van der Waals surface area contributed by atoms with E-state index in [0.29, 0.717) is 0 Å². The molecule has 0 amide bonds. The Kier molecular flexibility index (Phi) is 5.41. The van der Waals surface area contributed by atoms with E-state index in [1.165, 1.54) is 19.4 Å². The molecule has 2 nitrogen and oxygen atoms in total. The third kappa shape index (κ3) is 4.63. The van der Waals surface area contributed by atoms with Crippen molar-refractivity contribution in [2.24, 2.45) is 11.8 Å².